The van der Waals surface area contributed by atoms with Crippen LogP contribution in [0.5, 0.6) is 0 Å². The van der Waals surface area contributed by atoms with Gasteiger partial charge >= 0.3 is 5.97 Å². The molecule has 0 spiro atoms. The smallest absolute Gasteiger partial charge is 0.303 e. The van der Waals surface area contributed by atoms with Gasteiger partial charge in [-0.15, -0.1) is 0 Å². The maximum atomic E-state index is 14.1. The van der Waals surface area contributed by atoms with Crippen LogP contribution < -0.4 is 76.7 Å². The highest BCUT2D eigenvalue weighted by atomic mass is 32.2. The summed E-state index contributed by atoms with van der Waals surface area (Å²) in [5, 5.41) is 30.7. The van der Waals surface area contributed by atoms with E-state index in [0.29, 0.717) is 50.1 Å². The first-order valence-corrected chi connectivity index (χ1v) is 34.6. The number of aliphatic imine (C=N–C) groups is 1. The number of amides is 8. The quantitative estimate of drug-likeness (QED) is 0.0103. The average Bonchev–Trinajstić information content (AvgIpc) is 1.60. The fraction of sp³-hybridized carbons (Fsp3) is 0.730. The molecule has 0 fully saturated rings. The Balaban J connectivity index is 0.0000103. The minimum absolute atomic E-state index is 0.0159. The number of H-pyrrole nitrogens is 1. The number of hydrogen-bond acceptors (Lipinski definition) is 20. The number of guanidine groups is 1. The number of nitrogens with two attached hydrogens (primary N) is 5. The largest absolute Gasteiger partial charge is 0.481 e. The number of carbonyl (C=O) groups excluding carboxylic acids is 12. The molecule has 95 heavy (non-hydrogen) atoms. The molecule has 8 amide bonds. The van der Waals surface area contributed by atoms with E-state index in [1.54, 1.807) is 13.2 Å². The lowest BCUT2D eigenvalue weighted by Gasteiger charge is -2.26. The van der Waals surface area contributed by atoms with Gasteiger partial charge in [0.1, 0.15) is 30.2 Å². The number of carboxylic acid groups (broad SMARTS) is 1. The van der Waals surface area contributed by atoms with Gasteiger partial charge in [-0.25, -0.2) is 10.4 Å². The lowest BCUT2D eigenvalue weighted by molar-refractivity contribution is -0.140. The van der Waals surface area contributed by atoms with E-state index in [-0.39, 0.29) is 82.3 Å². The molecule has 0 saturated heterocycles. The summed E-state index contributed by atoms with van der Waals surface area (Å²) >= 11 is 1.36. The number of primary amides is 2. The van der Waals surface area contributed by atoms with Crippen LogP contribution in [0.25, 0.3) is 0 Å². The monoisotopic (exact) mass is 1360 g/mol. The number of aliphatic carboxylic acids is 1. The number of carbonyl (C=O) groups is 13. The summed E-state index contributed by atoms with van der Waals surface area (Å²) < 4.78 is 0. The van der Waals surface area contributed by atoms with Crippen molar-refractivity contribution < 1.29 is 67.4 Å². The number of nitrogens with zero attached hydrogens (tertiary/aromatic N) is 2. The highest BCUT2D eigenvalue weighted by Crippen LogP contribution is 2.14. The Labute approximate surface area is 563 Å². The maximum absolute atomic E-state index is 14.1. The number of carboxylic acids is 1. The molecular formula is C63H113N17O14S. The zero-order valence-corrected chi connectivity index (χ0v) is 58.2. The van der Waals surface area contributed by atoms with Crippen molar-refractivity contribution in [2.24, 2.45) is 45.6 Å². The van der Waals surface area contributed by atoms with Gasteiger partial charge in [0.2, 0.25) is 70.4 Å². The van der Waals surface area contributed by atoms with Crippen molar-refractivity contribution in [1.82, 2.24) is 57.9 Å². The van der Waals surface area contributed by atoms with Crippen molar-refractivity contribution in [3.63, 3.8) is 0 Å². The fourth-order valence-corrected chi connectivity index (χ4v) is 10.2. The van der Waals surface area contributed by atoms with Crippen molar-refractivity contribution in [1.29, 1.82) is 0 Å². The lowest BCUT2D eigenvalue weighted by Crippen LogP contribution is -2.58. The first-order chi connectivity index (χ1) is 45.0. The molecule has 540 valence electrons. The third kappa shape index (κ3) is 39.9. The van der Waals surface area contributed by atoms with Crippen molar-refractivity contribution >= 4 is 94.1 Å². The van der Waals surface area contributed by atoms with Gasteiger partial charge in [-0.05, 0) is 102 Å². The van der Waals surface area contributed by atoms with Gasteiger partial charge in [-0.1, -0.05) is 99.8 Å². The van der Waals surface area contributed by atoms with Crippen LogP contribution in [-0.4, -0.2) is 183 Å². The van der Waals surface area contributed by atoms with E-state index in [9.17, 15) is 67.4 Å². The summed E-state index contributed by atoms with van der Waals surface area (Å²) in [6.45, 7) is 15.8. The van der Waals surface area contributed by atoms with Crippen molar-refractivity contribution in [3.8, 4) is 0 Å². The molecule has 0 saturated carbocycles. The Morgan fingerprint density at radius 1 is 0.537 bits per heavy atom. The molecular weight excluding hydrogens is 1250 g/mol. The predicted molar refractivity (Wildman–Crippen MR) is 363 cm³/mol. The molecule has 32 heteroatoms. The zero-order chi connectivity index (χ0) is 72.0. The molecule has 21 N–H and O–H groups in total. The molecule has 0 aliphatic heterocycles. The molecule has 0 aliphatic carbocycles. The van der Waals surface area contributed by atoms with E-state index in [2.05, 4.69) is 76.8 Å². The Hall–Kier alpha value is -7.42. The molecule has 1 aromatic rings. The third-order valence-electron chi connectivity index (χ3n) is 14.9. The third-order valence-corrected chi connectivity index (χ3v) is 15.5. The number of ketones is 4. The molecule has 0 bridgehead atoms. The van der Waals surface area contributed by atoms with Gasteiger partial charge < -0.3 is 75.6 Å². The van der Waals surface area contributed by atoms with E-state index in [0.717, 1.165) is 0 Å². The van der Waals surface area contributed by atoms with E-state index >= 15 is 0 Å². The van der Waals surface area contributed by atoms with Crippen LogP contribution >= 0.6 is 11.8 Å². The minimum atomic E-state index is -1.62. The van der Waals surface area contributed by atoms with Gasteiger partial charge in [-0.3, -0.25) is 73.2 Å². The molecule has 9 atom stereocenters. The van der Waals surface area contributed by atoms with Crippen LogP contribution in [0.15, 0.2) is 17.5 Å². The van der Waals surface area contributed by atoms with Crippen molar-refractivity contribution in [2.75, 3.05) is 31.6 Å². The molecule has 0 radical (unpaired) electrons. The molecule has 1 heterocycles. The number of thioether (sulfide) groups is 1. The van der Waals surface area contributed by atoms with Crippen LogP contribution in [0.3, 0.4) is 0 Å². The maximum Gasteiger partial charge on any atom is 0.303 e. The van der Waals surface area contributed by atoms with E-state index in [4.69, 9.17) is 28.8 Å². The number of nitrogens with one attached hydrogen (secondary N) is 10. The topological polar surface area (TPSA) is 522 Å². The summed E-state index contributed by atoms with van der Waals surface area (Å²) in [5.74, 6) is -5.93. The number of aromatic nitrogens is 2. The van der Waals surface area contributed by atoms with Crippen molar-refractivity contribution in [2.45, 2.75) is 251 Å². The second-order valence-electron chi connectivity index (χ2n) is 24.3. The van der Waals surface area contributed by atoms with Crippen LogP contribution in [0, 0.1) is 11.8 Å². The van der Waals surface area contributed by atoms with E-state index in [1.807, 2.05) is 27.7 Å². The number of imidazole rings is 1. The highest BCUT2D eigenvalue weighted by molar-refractivity contribution is 7.98. The fourth-order valence-electron chi connectivity index (χ4n) is 9.73. The molecule has 0 aromatic carbocycles. The first-order valence-electron chi connectivity index (χ1n) is 33.2. The Morgan fingerprint density at radius 3 is 1.55 bits per heavy atom. The van der Waals surface area contributed by atoms with Gasteiger partial charge in [0, 0.05) is 44.1 Å². The van der Waals surface area contributed by atoms with E-state index < -0.39 is 150 Å². The van der Waals surface area contributed by atoms with Gasteiger partial charge in [0.15, 0.2) is 5.96 Å². The average molecular weight is 1360 g/mol. The van der Waals surface area contributed by atoms with Gasteiger partial charge in [-0.2, -0.15) is 11.8 Å². The standard InChI is InChI=1S/C55H95N17O14S.C8H18/c1-8-62-32(6)46(78)47(79)34(20-23-87-7)67-50(82)35(14-13-22-64-55(58)59)68-52(84)37(17-19-45(76)77)69-51(83)36(16-18-42(56)73)66-44(75)15-11-9-10-12-21-63-38(24-30(2)3)48(80)49(81)39(26-33-28-61-29-65-33)70-53(85)40(27-43(57)74)71-54(86)41(72-60)25-31(4)5;1-3-5-7-8-6-4-2/h28-32,34-41,62-63,72H,8-27,60H2,1-7H3,(H2,56,73)(H2,57,74)(H,61,65)(H,66,75)(H,67,82)(H,68,84)(H,69,83)(H,70,85)(H,71,86)(H,76,77)(H4,58,59,64);3-8H2,1-2H3/t32?,34?,35-,36-,37?,38-,39-,40?,41-;/m0./s1. The summed E-state index contributed by atoms with van der Waals surface area (Å²) in [6, 6.07) is -11.5. The summed E-state index contributed by atoms with van der Waals surface area (Å²) in [6.07, 6.45) is 12.6. The molecule has 4 unspecified atom stereocenters. The van der Waals surface area contributed by atoms with Crippen LogP contribution in [0.4, 0.5) is 0 Å². The van der Waals surface area contributed by atoms with Gasteiger partial charge in [0.05, 0.1) is 36.9 Å². The Kier molecular flexibility index (Phi) is 47.0. The zero-order valence-electron chi connectivity index (χ0n) is 57.3. The number of hydrogen-bond donors (Lipinski definition) is 16. The molecule has 0 aliphatic rings. The highest BCUT2D eigenvalue weighted by Gasteiger charge is 2.37. The summed E-state index contributed by atoms with van der Waals surface area (Å²) in [5.41, 5.74) is 24.5. The van der Waals surface area contributed by atoms with E-state index in [1.165, 1.54) is 69.7 Å². The van der Waals surface area contributed by atoms with Crippen LogP contribution in [-0.2, 0) is 68.7 Å². The van der Waals surface area contributed by atoms with Crippen LogP contribution in [0.2, 0.25) is 0 Å². The minimum Gasteiger partial charge on any atom is -0.481 e. The number of Topliss-reactive ketones (excluding diaryl/α,β-unsaturated/α-hetero) is 4. The number of aromatic amines is 1. The number of likely N-dealkylation sites (N-methyl/N-ethyl adjacent to an activating group) is 1. The van der Waals surface area contributed by atoms with Crippen molar-refractivity contribution in [3.05, 3.63) is 18.2 Å². The molecule has 1 rings (SSSR count). The summed E-state index contributed by atoms with van der Waals surface area (Å²) in [7, 11) is 0. The Bertz CT molecular complexity index is 2570. The first kappa shape index (κ1) is 87.6. The normalized spacial score (nSPS) is 13.9. The number of hydrazine groups is 1. The lowest BCUT2D eigenvalue weighted by atomic mass is 9.93. The number of unbranched alkanes of at least 4 members (excludes halogenated alkanes) is 8. The second kappa shape index (κ2) is 50.9. The summed E-state index contributed by atoms with van der Waals surface area (Å²) in [4.78, 5) is 183. The Morgan fingerprint density at radius 2 is 1.03 bits per heavy atom. The SMILES string of the molecule is CCCCCCCC.CCNC(C)C(=O)C(=O)C(CCSC)NC(=O)[C@H](CCCN=C(N)N)NC(=O)C(CCC(=O)O)NC(=O)[C@H](CCC(N)=O)NC(=O)CCCCCCN[C@@H](CC(C)C)C(=O)C(=O)[C@H](Cc1cnc[nH]1)NC(=O)C(CC(N)=O)NC(=O)[C@H](CC(C)C)NN. The predicted octanol–water partition coefficient (Wildman–Crippen LogP) is 0.147. The van der Waals surface area contributed by atoms with Gasteiger partial charge in [0.25, 0.3) is 0 Å². The van der Waals surface area contributed by atoms with Crippen LogP contribution in [0.1, 0.15) is 196 Å². The number of rotatable bonds is 54. The molecule has 31 nitrogen and oxygen atoms in total. The second-order valence-corrected chi connectivity index (χ2v) is 25.3. The molecule has 1 aromatic heterocycles.